The number of likely N-dealkylation sites (tertiary alicyclic amines) is 4. The Balaban J connectivity index is 0.000000127. The van der Waals surface area contributed by atoms with Crippen LogP contribution in [0, 0.1) is 27.6 Å². The maximum absolute atomic E-state index is 13.2. The number of ether oxygens (including phenoxy) is 4. The number of hydrogen-bond donors (Lipinski definition) is 4. The van der Waals surface area contributed by atoms with Crippen molar-refractivity contribution in [2.45, 2.75) is 258 Å². The summed E-state index contributed by atoms with van der Waals surface area (Å²) in [7, 11) is -0.232. The van der Waals surface area contributed by atoms with Gasteiger partial charge in [0.05, 0.1) is 16.9 Å². The molecule has 0 aromatic carbocycles. The third-order valence-corrected chi connectivity index (χ3v) is 25.6. The van der Waals surface area contributed by atoms with Crippen LogP contribution in [0.4, 0.5) is 51.8 Å². The SMILES string of the molecule is CC(C)(C)OC(=O)N1CC2(CC=C(B3OC(C)(C)C(C)(C)O3)CC2)C1.CC(C)(C)OC(=O)N1CC2(CC=C(c3cccc4nc(N)nn34)CC2)C1.CC(C)(C)OC(=O)N1CC2(CCC(c3cccc4nc(N)nn34)CC2)C1.CC(C)(C)OC(=O)N1CC2(CCC(c3cccc4nc(NC(=O)[C@H]5CC5(F)F)nn34)CC2)C1.Nc1nc2cccc(Br)n2n1. The number of carbonyl (C=O) groups is 5. The van der Waals surface area contributed by atoms with Gasteiger partial charge in [0, 0.05) is 104 Å². The highest BCUT2D eigenvalue weighted by Crippen LogP contribution is 2.53. The average Bonchev–Trinajstić information content (AvgIpc) is 1.31. The highest BCUT2D eigenvalue weighted by Gasteiger charge is 2.62. The van der Waals surface area contributed by atoms with Crippen LogP contribution in [-0.4, -0.2) is 207 Å². The summed E-state index contributed by atoms with van der Waals surface area (Å²) in [5.74, 6) is -3.28. The van der Waals surface area contributed by atoms with E-state index in [1.54, 1.807) is 20.0 Å². The van der Waals surface area contributed by atoms with Crippen molar-refractivity contribution >= 4 is 105 Å². The van der Waals surface area contributed by atoms with Crippen molar-refractivity contribution in [1.82, 2.24) is 78.0 Å². The van der Waals surface area contributed by atoms with Crippen LogP contribution in [0.5, 0.6) is 0 Å². The van der Waals surface area contributed by atoms with Gasteiger partial charge in [-0.3, -0.25) is 10.1 Å². The van der Waals surface area contributed by atoms with Gasteiger partial charge in [-0.25, -0.2) is 46.0 Å². The van der Waals surface area contributed by atoms with Crippen molar-refractivity contribution < 1.29 is 61.0 Å². The molecule has 5 amide bonds. The van der Waals surface area contributed by atoms with Gasteiger partial charge in [0.25, 0.3) is 5.92 Å². The summed E-state index contributed by atoms with van der Waals surface area (Å²) >= 11 is 3.32. The predicted molar refractivity (Wildman–Crippen MR) is 458 cm³/mol. The number of pyridine rings is 4. The molecule has 121 heavy (non-hydrogen) atoms. The van der Waals surface area contributed by atoms with Gasteiger partial charge in [-0.05, 0) is 276 Å². The minimum Gasteiger partial charge on any atom is -0.444 e. The zero-order valence-corrected chi connectivity index (χ0v) is 74.3. The number of hydrogen-bond acceptors (Lipinski definition) is 22. The fraction of sp³-hybridized carbons (Fsp3) is 0.616. The van der Waals surface area contributed by atoms with Gasteiger partial charge in [0.15, 0.2) is 22.6 Å². The smallest absolute Gasteiger partial charge is 0.444 e. The molecule has 5 aliphatic carbocycles. The lowest BCUT2D eigenvalue weighted by atomic mass is 9.63. The van der Waals surface area contributed by atoms with Crippen molar-refractivity contribution in [3.05, 3.63) is 112 Å². The molecule has 8 fully saturated rings. The molecule has 13 heterocycles. The van der Waals surface area contributed by atoms with Crippen molar-refractivity contribution in [3.8, 4) is 0 Å². The number of fused-ring (bicyclic) bond motifs is 4. The molecule has 10 aliphatic rings. The fourth-order valence-electron chi connectivity index (χ4n) is 17.8. The Labute approximate surface area is 713 Å². The van der Waals surface area contributed by atoms with Gasteiger partial charge in [0.2, 0.25) is 29.7 Å². The second-order valence-corrected chi connectivity index (χ2v) is 40.8. The van der Waals surface area contributed by atoms with Crippen LogP contribution in [0.1, 0.15) is 236 Å². The molecule has 5 saturated heterocycles. The van der Waals surface area contributed by atoms with E-state index in [1.807, 2.05) is 161 Å². The lowest BCUT2D eigenvalue weighted by molar-refractivity contribution is -0.119. The molecule has 8 aromatic rings. The van der Waals surface area contributed by atoms with Crippen LogP contribution in [0.2, 0.25) is 0 Å². The van der Waals surface area contributed by atoms with Crippen LogP contribution < -0.4 is 22.5 Å². The van der Waals surface area contributed by atoms with Gasteiger partial charge in [-0.1, -0.05) is 36.4 Å². The van der Waals surface area contributed by atoms with Gasteiger partial charge in [-0.2, -0.15) is 19.9 Å². The van der Waals surface area contributed by atoms with E-state index >= 15 is 0 Å². The number of nitrogen functional groups attached to an aromatic ring is 3. The number of alkyl halides is 2. The maximum Gasteiger partial charge on any atom is 0.490 e. The number of nitrogens with zero attached hydrogens (tertiary/aromatic N) is 16. The summed E-state index contributed by atoms with van der Waals surface area (Å²) in [5.41, 5.74) is 23.9. The molecule has 31 nitrogen and oxygen atoms in total. The lowest BCUT2D eigenvalue weighted by Gasteiger charge is -2.53. The zero-order chi connectivity index (χ0) is 87.2. The summed E-state index contributed by atoms with van der Waals surface area (Å²) in [6.45, 7) is 37.3. The normalized spacial score (nSPS) is 21.6. The van der Waals surface area contributed by atoms with E-state index < -0.39 is 46.6 Å². The van der Waals surface area contributed by atoms with Crippen LogP contribution in [0.3, 0.4) is 0 Å². The Morgan fingerprint density at radius 2 is 0.826 bits per heavy atom. The van der Waals surface area contributed by atoms with E-state index in [4.69, 9.17) is 45.5 Å². The molecule has 0 radical (unpaired) electrons. The summed E-state index contributed by atoms with van der Waals surface area (Å²) in [6.07, 6.45) is 17.6. The molecule has 8 aromatic heterocycles. The number of rotatable bonds is 6. The van der Waals surface area contributed by atoms with E-state index in [9.17, 15) is 32.8 Å². The van der Waals surface area contributed by atoms with E-state index in [2.05, 4.69) is 114 Å². The number of halogens is 3. The minimum atomic E-state index is -2.92. The number of allylic oxidation sites excluding steroid dienone is 4. The minimum absolute atomic E-state index is 0.0504. The molecule has 3 saturated carbocycles. The van der Waals surface area contributed by atoms with Crippen LogP contribution in [-0.2, 0) is 33.1 Å². The fourth-order valence-corrected chi connectivity index (χ4v) is 18.2. The standard InChI is InChI=1S/C23H29F2N5O3.C19H32BNO4.C19H27N5O2.C19H25N5O2.C6H5BrN4/c1-21(2,3)33-20(32)29-12-22(13-29)9-7-14(8-10-22)16-5-4-6-17-26-19(28-30(16)17)27-18(31)15-11-23(15,24)25;1-16(2,3)23-15(22)21-12-19(13-21)10-8-14(9-11-19)20-24-17(4,5)18(6,7)25-20;2*1-18(2,3)26-17(25)23-11-19(12-23)9-7-13(8-10-19)14-5-4-6-15-21-16(20)22-24(14)15;7-4-2-1-3-5-9-6(8)10-11(4)5/h4-6,14-15H,7-13H2,1-3H3,(H,27,28,31);8H,9-13H2,1-7H3;4-6,13H,7-12H2,1-3H3,(H2,20,22);4-7H,8-12H2,1-3H3,(H2,20,22);1-3H,(H2,8,10)/t15-;;;;/m1..../s1. The molecule has 4 spiro atoms. The zero-order valence-electron chi connectivity index (χ0n) is 72.7. The molecule has 652 valence electrons. The average molecular weight is 1740 g/mol. The summed E-state index contributed by atoms with van der Waals surface area (Å²) in [6, 6.07) is 23.3. The van der Waals surface area contributed by atoms with Crippen LogP contribution >= 0.6 is 15.9 Å². The van der Waals surface area contributed by atoms with Crippen LogP contribution in [0.15, 0.2) is 95.0 Å². The lowest BCUT2D eigenvalue weighted by Crippen LogP contribution is -2.60. The molecular formula is C86H118BBrF2N20O11. The number of amides is 5. The number of nitrogens with two attached hydrogens (primary N) is 3. The van der Waals surface area contributed by atoms with E-state index in [0.29, 0.717) is 17.5 Å². The molecule has 1 atom stereocenters. The third-order valence-electron chi connectivity index (χ3n) is 25.0. The maximum atomic E-state index is 13.2. The predicted octanol–water partition coefficient (Wildman–Crippen LogP) is 15.6. The Bertz CT molecular complexity index is 5240. The van der Waals surface area contributed by atoms with E-state index in [-0.39, 0.29) is 88.1 Å². The summed E-state index contributed by atoms with van der Waals surface area (Å²) in [4.78, 5) is 84.7. The first kappa shape index (κ1) is 87.6. The monoisotopic (exact) mass is 1730 g/mol. The quantitative estimate of drug-likeness (QED) is 0.0682. The molecule has 5 aliphatic heterocycles. The molecule has 0 unspecified atom stereocenters. The first-order valence-electron chi connectivity index (χ1n) is 42.2. The van der Waals surface area contributed by atoms with Crippen molar-refractivity contribution in [2.24, 2.45) is 27.6 Å². The second kappa shape index (κ2) is 32.5. The van der Waals surface area contributed by atoms with Crippen molar-refractivity contribution in [2.75, 3.05) is 74.9 Å². The molecule has 0 bridgehead atoms. The number of anilines is 4. The molecule has 18 rings (SSSR count). The topological polar surface area (TPSA) is 365 Å². The molecule has 35 heteroatoms. The van der Waals surface area contributed by atoms with E-state index in [1.165, 1.54) is 16.7 Å². The Morgan fingerprint density at radius 1 is 0.471 bits per heavy atom. The van der Waals surface area contributed by atoms with Gasteiger partial charge in [0.1, 0.15) is 32.9 Å². The summed E-state index contributed by atoms with van der Waals surface area (Å²) in [5, 5.41) is 19.4. The number of carbonyl (C=O) groups excluding carboxylic acids is 5. The number of nitrogens with one attached hydrogen (secondary N) is 1. The highest BCUT2D eigenvalue weighted by atomic mass is 79.9. The second-order valence-electron chi connectivity index (χ2n) is 40.0. The summed E-state index contributed by atoms with van der Waals surface area (Å²) < 4.78 is 68.4. The Hall–Kier alpha value is -9.77. The van der Waals surface area contributed by atoms with Gasteiger partial charge in [-0.15, -0.1) is 20.4 Å². The van der Waals surface area contributed by atoms with Gasteiger partial charge < -0.3 is 65.1 Å². The van der Waals surface area contributed by atoms with E-state index in [0.717, 1.165) is 175 Å². The Kier molecular flexibility index (Phi) is 23.5. The molecular weight excluding hydrogens is 1620 g/mol. The molecule has 7 N–H and O–H groups in total. The third kappa shape index (κ3) is 20.0. The first-order chi connectivity index (χ1) is 56.5. The van der Waals surface area contributed by atoms with Gasteiger partial charge >= 0.3 is 31.5 Å². The first-order valence-corrected chi connectivity index (χ1v) is 43.0. The van der Waals surface area contributed by atoms with Crippen molar-refractivity contribution in [3.63, 3.8) is 0 Å². The number of aromatic nitrogens is 12. The van der Waals surface area contributed by atoms with Crippen LogP contribution in [0.25, 0.3) is 28.2 Å². The Morgan fingerprint density at radius 3 is 1.21 bits per heavy atom. The van der Waals surface area contributed by atoms with Crippen molar-refractivity contribution in [1.29, 1.82) is 0 Å². The highest BCUT2D eigenvalue weighted by molar-refractivity contribution is 9.10. The largest absolute Gasteiger partial charge is 0.490 e.